The highest BCUT2D eigenvalue weighted by atomic mass is 16.4. The van der Waals surface area contributed by atoms with Gasteiger partial charge in [-0.25, -0.2) is 0 Å². The Balaban J connectivity index is 2.18. The zero-order valence-corrected chi connectivity index (χ0v) is 8.69. The van der Waals surface area contributed by atoms with Crippen molar-refractivity contribution in [1.29, 1.82) is 0 Å². The van der Waals surface area contributed by atoms with Crippen LogP contribution in [-0.4, -0.2) is 24.2 Å². The first kappa shape index (κ1) is 10.2. The lowest BCUT2D eigenvalue weighted by Crippen LogP contribution is -2.20. The molecule has 82 valence electrons. The molecule has 1 aliphatic rings. The van der Waals surface area contributed by atoms with E-state index < -0.39 is 5.97 Å². The summed E-state index contributed by atoms with van der Waals surface area (Å²) in [4.78, 5) is 11.0. The number of hydrogen-bond acceptors (Lipinski definition) is 3. The molecule has 0 saturated carbocycles. The van der Waals surface area contributed by atoms with E-state index in [9.17, 15) is 4.79 Å². The molecule has 4 nitrogen and oxygen atoms in total. The minimum atomic E-state index is -0.751. The molecule has 0 radical (unpaired) electrons. The fourth-order valence-electron chi connectivity index (χ4n) is 2.02. The Kier molecular flexibility index (Phi) is 2.77. The van der Waals surface area contributed by atoms with Gasteiger partial charge in [-0.05, 0) is 12.1 Å². The standard InChI is InChI=1S/C11H15NO3/c1-2-7-3-4-10(15-7)8-5-12-6-9(8)11(13)14/h3-4,8-9,12H,2,5-6H2,1H3,(H,13,14). The summed E-state index contributed by atoms with van der Waals surface area (Å²) in [5.74, 6) is 0.577. The molecule has 0 aromatic carbocycles. The van der Waals surface area contributed by atoms with Crippen LogP contribution in [-0.2, 0) is 11.2 Å². The Morgan fingerprint density at radius 1 is 1.60 bits per heavy atom. The molecule has 2 rings (SSSR count). The Morgan fingerprint density at radius 3 is 3.00 bits per heavy atom. The van der Waals surface area contributed by atoms with Crippen LogP contribution in [0.4, 0.5) is 0 Å². The smallest absolute Gasteiger partial charge is 0.308 e. The summed E-state index contributed by atoms with van der Waals surface area (Å²) in [7, 11) is 0. The Labute approximate surface area is 88.3 Å². The lowest BCUT2D eigenvalue weighted by atomic mass is 9.94. The predicted molar refractivity (Wildman–Crippen MR) is 54.8 cm³/mol. The van der Waals surface area contributed by atoms with Crippen LogP contribution in [0.5, 0.6) is 0 Å². The maximum Gasteiger partial charge on any atom is 0.308 e. The van der Waals surface area contributed by atoms with Gasteiger partial charge in [-0.3, -0.25) is 4.79 Å². The van der Waals surface area contributed by atoms with Crippen LogP contribution >= 0.6 is 0 Å². The van der Waals surface area contributed by atoms with Crippen LogP contribution in [0.1, 0.15) is 24.4 Å². The SMILES string of the molecule is CCc1ccc(C2CNCC2C(=O)O)o1. The summed E-state index contributed by atoms with van der Waals surface area (Å²) < 4.78 is 5.59. The Hall–Kier alpha value is -1.29. The van der Waals surface area contributed by atoms with Gasteiger partial charge in [0, 0.05) is 25.4 Å². The van der Waals surface area contributed by atoms with E-state index in [0.29, 0.717) is 13.1 Å². The molecular weight excluding hydrogens is 194 g/mol. The second-order valence-corrected chi connectivity index (χ2v) is 3.87. The number of rotatable bonds is 3. The van der Waals surface area contributed by atoms with Gasteiger partial charge >= 0.3 is 5.97 Å². The largest absolute Gasteiger partial charge is 0.481 e. The second kappa shape index (κ2) is 4.06. The van der Waals surface area contributed by atoms with Gasteiger partial charge in [0.05, 0.1) is 5.92 Å². The van der Waals surface area contributed by atoms with Gasteiger partial charge in [-0.15, -0.1) is 0 Å². The van der Waals surface area contributed by atoms with Crippen LogP contribution in [0.3, 0.4) is 0 Å². The van der Waals surface area contributed by atoms with Gasteiger partial charge in [0.1, 0.15) is 11.5 Å². The highest BCUT2D eigenvalue weighted by molar-refractivity contribution is 5.72. The van der Waals surface area contributed by atoms with Crippen molar-refractivity contribution in [3.63, 3.8) is 0 Å². The topological polar surface area (TPSA) is 62.5 Å². The number of carboxylic acid groups (broad SMARTS) is 1. The molecule has 1 aromatic heterocycles. The minimum absolute atomic E-state index is 0.0252. The summed E-state index contributed by atoms with van der Waals surface area (Å²) in [5.41, 5.74) is 0. The molecule has 1 aromatic rings. The molecule has 1 saturated heterocycles. The zero-order chi connectivity index (χ0) is 10.8. The highest BCUT2D eigenvalue weighted by Gasteiger charge is 2.35. The lowest BCUT2D eigenvalue weighted by Gasteiger charge is -2.11. The number of hydrogen-bond donors (Lipinski definition) is 2. The van der Waals surface area contributed by atoms with Crippen molar-refractivity contribution < 1.29 is 14.3 Å². The van der Waals surface area contributed by atoms with Crippen LogP contribution in [0.2, 0.25) is 0 Å². The van der Waals surface area contributed by atoms with Crippen LogP contribution < -0.4 is 5.32 Å². The van der Waals surface area contributed by atoms with Crippen molar-refractivity contribution in [1.82, 2.24) is 5.32 Å². The van der Waals surface area contributed by atoms with Crippen molar-refractivity contribution >= 4 is 5.97 Å². The first-order valence-corrected chi connectivity index (χ1v) is 5.24. The maximum atomic E-state index is 11.0. The summed E-state index contributed by atoms with van der Waals surface area (Å²) in [6, 6.07) is 3.82. The third-order valence-electron chi connectivity index (χ3n) is 2.93. The van der Waals surface area contributed by atoms with Crippen LogP contribution in [0.25, 0.3) is 0 Å². The van der Waals surface area contributed by atoms with E-state index in [1.807, 2.05) is 19.1 Å². The first-order chi connectivity index (χ1) is 7.22. The molecule has 4 heteroatoms. The second-order valence-electron chi connectivity index (χ2n) is 3.87. The number of carboxylic acids is 1. The lowest BCUT2D eigenvalue weighted by molar-refractivity contribution is -0.141. The van der Waals surface area contributed by atoms with E-state index in [0.717, 1.165) is 17.9 Å². The third-order valence-corrected chi connectivity index (χ3v) is 2.93. The van der Waals surface area contributed by atoms with Crippen molar-refractivity contribution in [3.05, 3.63) is 23.7 Å². The molecule has 2 atom stereocenters. The summed E-state index contributed by atoms with van der Waals surface area (Å²) in [6.07, 6.45) is 0.845. The van der Waals surface area contributed by atoms with E-state index in [1.165, 1.54) is 0 Å². The van der Waals surface area contributed by atoms with E-state index in [-0.39, 0.29) is 11.8 Å². The molecule has 2 N–H and O–H groups in total. The fraction of sp³-hybridized carbons (Fsp3) is 0.545. The summed E-state index contributed by atoms with van der Waals surface area (Å²) in [6.45, 7) is 3.24. The molecule has 1 fully saturated rings. The van der Waals surface area contributed by atoms with Gasteiger partial charge in [0.25, 0.3) is 0 Å². The maximum absolute atomic E-state index is 11.0. The monoisotopic (exact) mass is 209 g/mol. The number of carbonyl (C=O) groups is 1. The van der Waals surface area contributed by atoms with Crippen molar-refractivity contribution in [2.45, 2.75) is 19.3 Å². The number of aliphatic carboxylic acids is 1. The predicted octanol–water partition coefficient (Wildman–Crippen LogP) is 1.23. The molecule has 0 aliphatic carbocycles. The molecule has 1 aliphatic heterocycles. The third kappa shape index (κ3) is 1.90. The van der Waals surface area contributed by atoms with Crippen molar-refractivity contribution in [2.75, 3.05) is 13.1 Å². The molecule has 0 bridgehead atoms. The Bertz CT molecular complexity index is 358. The quantitative estimate of drug-likeness (QED) is 0.786. The van der Waals surface area contributed by atoms with Gasteiger partial charge in [0.2, 0.25) is 0 Å². The first-order valence-electron chi connectivity index (χ1n) is 5.24. The van der Waals surface area contributed by atoms with E-state index in [4.69, 9.17) is 9.52 Å². The molecule has 0 spiro atoms. The molecule has 2 heterocycles. The molecule has 0 amide bonds. The average Bonchev–Trinajstić information content (AvgIpc) is 2.85. The van der Waals surface area contributed by atoms with E-state index in [2.05, 4.69) is 5.32 Å². The average molecular weight is 209 g/mol. The van der Waals surface area contributed by atoms with E-state index in [1.54, 1.807) is 0 Å². The van der Waals surface area contributed by atoms with E-state index >= 15 is 0 Å². The minimum Gasteiger partial charge on any atom is -0.481 e. The van der Waals surface area contributed by atoms with Crippen molar-refractivity contribution in [3.8, 4) is 0 Å². The normalized spacial score (nSPS) is 25.7. The van der Waals surface area contributed by atoms with Gasteiger partial charge in [-0.2, -0.15) is 0 Å². The number of furan rings is 1. The number of nitrogens with one attached hydrogen (secondary N) is 1. The van der Waals surface area contributed by atoms with Crippen molar-refractivity contribution in [2.24, 2.45) is 5.92 Å². The van der Waals surface area contributed by atoms with Gasteiger partial charge < -0.3 is 14.8 Å². The van der Waals surface area contributed by atoms with Crippen LogP contribution in [0, 0.1) is 5.92 Å². The van der Waals surface area contributed by atoms with Gasteiger partial charge in [0.15, 0.2) is 0 Å². The molecule has 15 heavy (non-hydrogen) atoms. The summed E-state index contributed by atoms with van der Waals surface area (Å²) >= 11 is 0. The highest BCUT2D eigenvalue weighted by Crippen LogP contribution is 2.29. The molecule has 2 unspecified atom stereocenters. The van der Waals surface area contributed by atoms with Crippen LogP contribution in [0.15, 0.2) is 16.5 Å². The Morgan fingerprint density at radius 2 is 2.40 bits per heavy atom. The summed E-state index contributed by atoms with van der Waals surface area (Å²) in [5, 5.41) is 12.1. The molecular formula is C11H15NO3. The fourth-order valence-corrected chi connectivity index (χ4v) is 2.02. The van der Waals surface area contributed by atoms with Gasteiger partial charge in [-0.1, -0.05) is 6.92 Å². The number of aryl methyl sites for hydroxylation is 1. The zero-order valence-electron chi connectivity index (χ0n) is 8.69.